The molecular weight excluding hydrogens is 270 g/mol. The smallest absolute Gasteiger partial charge is 0.244 e. The summed E-state index contributed by atoms with van der Waals surface area (Å²) in [6, 6.07) is 7.39. The Morgan fingerprint density at radius 2 is 2.40 bits per heavy atom. The number of nitrogens with one attached hydrogen (secondary N) is 1. The minimum absolute atomic E-state index is 0.115. The minimum atomic E-state index is -0.115. The molecule has 1 heterocycles. The van der Waals surface area contributed by atoms with E-state index in [9.17, 15) is 4.79 Å². The van der Waals surface area contributed by atoms with Gasteiger partial charge >= 0.3 is 0 Å². The summed E-state index contributed by atoms with van der Waals surface area (Å²) in [6.45, 7) is 2.62. The number of nitrogens with zero attached hydrogens (tertiary/aromatic N) is 1. The molecule has 1 unspecified atom stereocenters. The number of thiazole rings is 1. The zero-order valence-corrected chi connectivity index (χ0v) is 12.1. The maximum absolute atomic E-state index is 11.7. The Kier molecular flexibility index (Phi) is 4.90. The molecule has 0 spiro atoms. The molecule has 0 bridgehead atoms. The van der Waals surface area contributed by atoms with E-state index in [1.54, 1.807) is 23.6 Å². The maximum Gasteiger partial charge on any atom is 0.244 e. The highest BCUT2D eigenvalue weighted by Gasteiger charge is 2.08. The van der Waals surface area contributed by atoms with Crippen LogP contribution in [0, 0.1) is 0 Å². The first-order valence-electron chi connectivity index (χ1n) is 6.36. The fraction of sp³-hybridized carbons (Fsp3) is 0.200. The van der Waals surface area contributed by atoms with Gasteiger partial charge in [0.05, 0.1) is 5.01 Å². The first-order chi connectivity index (χ1) is 9.65. The van der Waals surface area contributed by atoms with Gasteiger partial charge in [-0.05, 0) is 23.8 Å². The van der Waals surface area contributed by atoms with Gasteiger partial charge in [-0.15, -0.1) is 11.3 Å². The second-order valence-electron chi connectivity index (χ2n) is 4.52. The number of benzene rings is 1. The zero-order valence-electron chi connectivity index (χ0n) is 11.2. The number of carbonyl (C=O) groups is 1. The average Bonchev–Trinajstić information content (AvgIpc) is 2.97. The largest absolute Gasteiger partial charge is 0.399 e. The summed E-state index contributed by atoms with van der Waals surface area (Å²) in [5.41, 5.74) is 7.27. The third-order valence-electron chi connectivity index (χ3n) is 2.79. The summed E-state index contributed by atoms with van der Waals surface area (Å²) < 4.78 is 0. The van der Waals surface area contributed by atoms with Crippen LogP contribution in [0.25, 0.3) is 6.08 Å². The average molecular weight is 287 g/mol. The molecular formula is C15H17N3OS. The van der Waals surface area contributed by atoms with E-state index in [0.29, 0.717) is 12.2 Å². The molecule has 3 N–H and O–H groups in total. The van der Waals surface area contributed by atoms with Crippen LogP contribution in [0.4, 0.5) is 5.69 Å². The lowest BCUT2D eigenvalue weighted by Crippen LogP contribution is -2.25. The molecule has 0 aliphatic carbocycles. The second-order valence-corrected chi connectivity index (χ2v) is 5.45. The molecule has 1 amide bonds. The molecule has 0 saturated carbocycles. The zero-order chi connectivity index (χ0) is 14.4. The van der Waals surface area contributed by atoms with Crippen molar-refractivity contribution < 1.29 is 4.79 Å². The van der Waals surface area contributed by atoms with Crippen LogP contribution < -0.4 is 11.1 Å². The van der Waals surface area contributed by atoms with E-state index in [0.717, 1.165) is 10.6 Å². The third kappa shape index (κ3) is 4.20. The molecule has 0 aliphatic rings. The molecule has 2 aromatic rings. The number of nitrogen functional groups attached to an aromatic ring is 1. The molecule has 1 aromatic heterocycles. The van der Waals surface area contributed by atoms with Crippen LogP contribution >= 0.6 is 11.3 Å². The Labute approximate surface area is 122 Å². The first-order valence-corrected chi connectivity index (χ1v) is 7.24. The fourth-order valence-electron chi connectivity index (χ4n) is 1.71. The van der Waals surface area contributed by atoms with Crippen molar-refractivity contribution in [2.75, 3.05) is 12.3 Å². The molecule has 1 aromatic carbocycles. The summed E-state index contributed by atoms with van der Waals surface area (Å²) in [5, 5.41) is 5.84. The van der Waals surface area contributed by atoms with Gasteiger partial charge in [-0.25, -0.2) is 4.98 Å². The minimum Gasteiger partial charge on any atom is -0.399 e. The first kappa shape index (κ1) is 14.3. The molecule has 1 atom stereocenters. The van der Waals surface area contributed by atoms with Gasteiger partial charge in [-0.3, -0.25) is 4.79 Å². The third-order valence-corrected chi connectivity index (χ3v) is 3.80. The number of carbonyl (C=O) groups excluding carboxylic acids is 1. The summed E-state index contributed by atoms with van der Waals surface area (Å²) in [4.78, 5) is 16.0. The molecule has 20 heavy (non-hydrogen) atoms. The van der Waals surface area contributed by atoms with Crippen molar-refractivity contribution in [1.82, 2.24) is 10.3 Å². The van der Waals surface area contributed by atoms with Crippen LogP contribution in [0.15, 0.2) is 41.9 Å². The van der Waals surface area contributed by atoms with Gasteiger partial charge in [0.15, 0.2) is 0 Å². The van der Waals surface area contributed by atoms with E-state index in [-0.39, 0.29) is 11.8 Å². The van der Waals surface area contributed by atoms with Crippen LogP contribution in [0.2, 0.25) is 0 Å². The van der Waals surface area contributed by atoms with Gasteiger partial charge in [0, 0.05) is 35.8 Å². The van der Waals surface area contributed by atoms with Gasteiger partial charge in [0.1, 0.15) is 0 Å². The predicted octanol–water partition coefficient (Wildman–Crippen LogP) is 2.66. The van der Waals surface area contributed by atoms with E-state index < -0.39 is 0 Å². The quantitative estimate of drug-likeness (QED) is 0.656. The van der Waals surface area contributed by atoms with Crippen LogP contribution in [0.1, 0.15) is 23.4 Å². The number of rotatable bonds is 5. The Morgan fingerprint density at radius 1 is 1.55 bits per heavy atom. The number of aromatic nitrogens is 1. The molecule has 5 heteroatoms. The van der Waals surface area contributed by atoms with Crippen molar-refractivity contribution in [3.63, 3.8) is 0 Å². The van der Waals surface area contributed by atoms with E-state index >= 15 is 0 Å². The number of amides is 1. The number of nitrogens with two attached hydrogens (primary N) is 1. The van der Waals surface area contributed by atoms with Crippen molar-refractivity contribution in [2.45, 2.75) is 12.8 Å². The van der Waals surface area contributed by atoms with E-state index in [4.69, 9.17) is 5.73 Å². The van der Waals surface area contributed by atoms with Crippen LogP contribution in [-0.4, -0.2) is 17.4 Å². The Balaban J connectivity index is 1.83. The van der Waals surface area contributed by atoms with E-state index in [2.05, 4.69) is 10.3 Å². The molecule has 2 rings (SSSR count). The Morgan fingerprint density at radius 3 is 3.10 bits per heavy atom. The lowest BCUT2D eigenvalue weighted by atomic mass is 10.2. The lowest BCUT2D eigenvalue weighted by Gasteiger charge is -2.08. The topological polar surface area (TPSA) is 68.0 Å². The lowest BCUT2D eigenvalue weighted by molar-refractivity contribution is -0.116. The Bertz CT molecular complexity index is 593. The van der Waals surface area contributed by atoms with Crippen molar-refractivity contribution >= 4 is 29.0 Å². The molecule has 0 radical (unpaired) electrons. The van der Waals surface area contributed by atoms with Gasteiger partial charge in [0.25, 0.3) is 0 Å². The second kappa shape index (κ2) is 6.86. The highest BCUT2D eigenvalue weighted by atomic mass is 32.1. The van der Waals surface area contributed by atoms with Gasteiger partial charge in [0.2, 0.25) is 5.91 Å². The summed E-state index contributed by atoms with van der Waals surface area (Å²) in [5.74, 6) is 0.107. The van der Waals surface area contributed by atoms with Crippen LogP contribution in [0.5, 0.6) is 0 Å². The van der Waals surface area contributed by atoms with E-state index in [1.807, 2.05) is 36.6 Å². The van der Waals surface area contributed by atoms with Gasteiger partial charge < -0.3 is 11.1 Å². The number of hydrogen-bond acceptors (Lipinski definition) is 4. The number of anilines is 1. The highest BCUT2D eigenvalue weighted by molar-refractivity contribution is 7.09. The SMILES string of the molecule is CC(CNC(=O)/C=C/c1cccc(N)c1)c1nccs1. The number of hydrogen-bond donors (Lipinski definition) is 2. The van der Waals surface area contributed by atoms with Gasteiger partial charge in [-0.2, -0.15) is 0 Å². The molecule has 0 aliphatic heterocycles. The molecule has 0 saturated heterocycles. The highest BCUT2D eigenvalue weighted by Crippen LogP contribution is 2.16. The Hall–Kier alpha value is -2.14. The van der Waals surface area contributed by atoms with Gasteiger partial charge in [-0.1, -0.05) is 19.1 Å². The molecule has 104 valence electrons. The fourth-order valence-corrected chi connectivity index (χ4v) is 2.41. The maximum atomic E-state index is 11.7. The summed E-state index contributed by atoms with van der Waals surface area (Å²) in [7, 11) is 0. The van der Waals surface area contributed by atoms with Crippen molar-refractivity contribution in [3.8, 4) is 0 Å². The monoisotopic (exact) mass is 287 g/mol. The predicted molar refractivity (Wildman–Crippen MR) is 83.4 cm³/mol. The van der Waals surface area contributed by atoms with Crippen LogP contribution in [0.3, 0.4) is 0 Å². The van der Waals surface area contributed by atoms with Crippen molar-refractivity contribution in [1.29, 1.82) is 0 Å². The molecule has 0 fully saturated rings. The van der Waals surface area contributed by atoms with E-state index in [1.165, 1.54) is 6.08 Å². The summed E-state index contributed by atoms with van der Waals surface area (Å²) in [6.07, 6.45) is 5.04. The standard InChI is InChI=1S/C15H17N3OS/c1-11(15-17-7-8-20-15)10-18-14(19)6-5-12-3-2-4-13(16)9-12/h2-9,11H,10,16H2,1H3,(H,18,19)/b6-5+. The summed E-state index contributed by atoms with van der Waals surface area (Å²) >= 11 is 1.60. The van der Waals surface area contributed by atoms with Crippen LogP contribution in [-0.2, 0) is 4.79 Å². The van der Waals surface area contributed by atoms with Crippen molar-refractivity contribution in [2.24, 2.45) is 0 Å². The normalized spacial score (nSPS) is 12.4. The van der Waals surface area contributed by atoms with Crippen molar-refractivity contribution in [3.05, 3.63) is 52.5 Å². The molecule has 4 nitrogen and oxygen atoms in total.